The van der Waals surface area contributed by atoms with E-state index in [1.165, 1.54) is 57.9 Å². The Bertz CT molecular complexity index is 649. The summed E-state index contributed by atoms with van der Waals surface area (Å²) in [4.78, 5) is 0. The lowest BCUT2D eigenvalue weighted by molar-refractivity contribution is -0.0598. The summed E-state index contributed by atoms with van der Waals surface area (Å²) in [5.41, 5.74) is 2.56. The molecule has 0 bridgehead atoms. The lowest BCUT2D eigenvalue weighted by Gasteiger charge is -2.58. The Morgan fingerprint density at radius 2 is 1.86 bits per heavy atom. The first-order valence-electron chi connectivity index (χ1n) is 12.9. The molecule has 1 saturated heterocycles. The van der Waals surface area contributed by atoms with Crippen LogP contribution in [0.3, 0.4) is 0 Å². The van der Waals surface area contributed by atoms with Crippen molar-refractivity contribution in [2.24, 2.45) is 46.3 Å². The van der Waals surface area contributed by atoms with E-state index in [2.05, 4.69) is 39.1 Å². The molecule has 0 spiro atoms. The third-order valence-electron chi connectivity index (χ3n) is 11.1. The third kappa shape index (κ3) is 3.18. The Kier molecular flexibility index (Phi) is 5.22. The summed E-state index contributed by atoms with van der Waals surface area (Å²) in [6.45, 7) is 11.5. The molecule has 164 valence electrons. The molecule has 29 heavy (non-hydrogen) atoms. The van der Waals surface area contributed by atoms with Gasteiger partial charge in [0.2, 0.25) is 0 Å². The minimum absolute atomic E-state index is 0.0813. The second kappa shape index (κ2) is 7.37. The molecule has 4 aliphatic carbocycles. The summed E-state index contributed by atoms with van der Waals surface area (Å²) in [6.07, 6.45) is 15.6. The van der Waals surface area contributed by atoms with E-state index in [0.29, 0.717) is 10.8 Å². The minimum atomic E-state index is -0.0813. The van der Waals surface area contributed by atoms with E-state index in [1.807, 2.05) is 0 Å². The topological polar surface area (TPSA) is 32.3 Å². The molecule has 4 fully saturated rings. The van der Waals surface area contributed by atoms with Crippen molar-refractivity contribution < 1.29 is 5.11 Å². The van der Waals surface area contributed by atoms with Crippen molar-refractivity contribution in [3.8, 4) is 0 Å². The van der Waals surface area contributed by atoms with Gasteiger partial charge in [-0.05, 0) is 117 Å². The number of piperidine rings is 1. The molecule has 1 aliphatic heterocycles. The standard InChI is InChI=1S/C27H45NO/c1-17-5-10-25(28-16-17)18(2)22-8-9-23-21-7-6-19-15-20(29)11-13-26(19,3)24(21)12-14-27(22,23)4/h6,17-18,20-25,28-29H,5,7-16H2,1-4H3/t17-,18-,20-,21-,22+,23-,24-,25-,26-,27-/m0/s1. The minimum Gasteiger partial charge on any atom is -0.393 e. The number of fused-ring (bicyclic) bond motifs is 5. The van der Waals surface area contributed by atoms with Crippen LogP contribution >= 0.6 is 0 Å². The molecule has 0 aromatic carbocycles. The molecule has 5 aliphatic rings. The molecule has 0 unspecified atom stereocenters. The second-order valence-corrected chi connectivity index (χ2v) is 12.4. The van der Waals surface area contributed by atoms with E-state index in [9.17, 15) is 5.11 Å². The molecular weight excluding hydrogens is 354 g/mol. The lowest BCUT2D eigenvalue weighted by atomic mass is 9.47. The molecule has 2 N–H and O–H groups in total. The summed E-state index contributed by atoms with van der Waals surface area (Å²) in [5.74, 6) is 5.29. The fourth-order valence-corrected chi connectivity index (χ4v) is 9.30. The van der Waals surface area contributed by atoms with Gasteiger partial charge in [0.25, 0.3) is 0 Å². The quantitative estimate of drug-likeness (QED) is 0.562. The van der Waals surface area contributed by atoms with Crippen LogP contribution < -0.4 is 5.32 Å². The van der Waals surface area contributed by atoms with Crippen LogP contribution in [-0.4, -0.2) is 23.8 Å². The highest BCUT2D eigenvalue weighted by atomic mass is 16.3. The van der Waals surface area contributed by atoms with Crippen LogP contribution in [0.2, 0.25) is 0 Å². The van der Waals surface area contributed by atoms with Crippen LogP contribution in [0.25, 0.3) is 0 Å². The summed E-state index contributed by atoms with van der Waals surface area (Å²) in [5, 5.41) is 14.2. The maximum absolute atomic E-state index is 10.2. The summed E-state index contributed by atoms with van der Waals surface area (Å²) in [7, 11) is 0. The fraction of sp³-hybridized carbons (Fsp3) is 0.926. The molecule has 0 aromatic rings. The van der Waals surface area contributed by atoms with Gasteiger partial charge >= 0.3 is 0 Å². The van der Waals surface area contributed by atoms with E-state index in [0.717, 1.165) is 54.4 Å². The molecule has 2 heteroatoms. The summed E-state index contributed by atoms with van der Waals surface area (Å²) in [6, 6.07) is 0.750. The summed E-state index contributed by atoms with van der Waals surface area (Å²) < 4.78 is 0. The van der Waals surface area contributed by atoms with Crippen molar-refractivity contribution in [3.63, 3.8) is 0 Å². The predicted molar refractivity (Wildman–Crippen MR) is 121 cm³/mol. The molecule has 1 heterocycles. The fourth-order valence-electron chi connectivity index (χ4n) is 9.30. The van der Waals surface area contributed by atoms with Crippen molar-refractivity contribution in [3.05, 3.63) is 11.6 Å². The average Bonchev–Trinajstić information content (AvgIpc) is 3.06. The van der Waals surface area contributed by atoms with E-state index in [1.54, 1.807) is 5.57 Å². The van der Waals surface area contributed by atoms with Crippen molar-refractivity contribution in [2.45, 2.75) is 104 Å². The number of allylic oxidation sites excluding steroid dienone is 1. The van der Waals surface area contributed by atoms with E-state index in [4.69, 9.17) is 0 Å². The Balaban J connectivity index is 1.36. The predicted octanol–water partition coefficient (Wildman–Crippen LogP) is 5.95. The summed E-state index contributed by atoms with van der Waals surface area (Å²) >= 11 is 0. The number of aliphatic hydroxyl groups excluding tert-OH is 1. The molecule has 0 amide bonds. The molecular formula is C27H45NO. The van der Waals surface area contributed by atoms with Crippen molar-refractivity contribution in [2.75, 3.05) is 6.54 Å². The number of hydrogen-bond donors (Lipinski definition) is 2. The van der Waals surface area contributed by atoms with Crippen molar-refractivity contribution in [1.29, 1.82) is 0 Å². The maximum atomic E-state index is 10.2. The van der Waals surface area contributed by atoms with Gasteiger partial charge in [-0.25, -0.2) is 0 Å². The van der Waals surface area contributed by atoms with Crippen LogP contribution in [0.15, 0.2) is 11.6 Å². The molecule has 0 aromatic heterocycles. The first-order chi connectivity index (χ1) is 13.8. The van der Waals surface area contributed by atoms with Gasteiger partial charge in [0, 0.05) is 6.04 Å². The van der Waals surface area contributed by atoms with Crippen LogP contribution in [-0.2, 0) is 0 Å². The smallest absolute Gasteiger partial charge is 0.0577 e. The Morgan fingerprint density at radius 1 is 1.03 bits per heavy atom. The number of rotatable bonds is 2. The van der Waals surface area contributed by atoms with Crippen LogP contribution in [0.4, 0.5) is 0 Å². The zero-order valence-corrected chi connectivity index (χ0v) is 19.4. The van der Waals surface area contributed by atoms with Gasteiger partial charge in [-0.15, -0.1) is 0 Å². The highest BCUT2D eigenvalue weighted by Crippen LogP contribution is 2.67. The van der Waals surface area contributed by atoms with E-state index < -0.39 is 0 Å². The average molecular weight is 400 g/mol. The van der Waals surface area contributed by atoms with Crippen LogP contribution in [0, 0.1) is 46.3 Å². The molecule has 2 nitrogen and oxygen atoms in total. The van der Waals surface area contributed by atoms with Crippen LogP contribution in [0.5, 0.6) is 0 Å². The number of hydrogen-bond acceptors (Lipinski definition) is 2. The highest BCUT2D eigenvalue weighted by molar-refractivity contribution is 5.25. The molecule has 5 rings (SSSR count). The van der Waals surface area contributed by atoms with Gasteiger partial charge in [-0.1, -0.05) is 39.3 Å². The SMILES string of the molecule is C[C@H]1CC[C@@H]([C@@H](C)[C@H]2CC[C@H]3[C@@H]4CC=C5C[C@@H](O)CC[C@]5(C)[C@H]4CC[C@@]23C)NC1. The van der Waals surface area contributed by atoms with Gasteiger partial charge in [-0.2, -0.15) is 0 Å². The second-order valence-electron chi connectivity index (χ2n) is 12.4. The maximum Gasteiger partial charge on any atom is 0.0577 e. The zero-order chi connectivity index (χ0) is 20.4. The Labute approximate surface area is 179 Å². The third-order valence-corrected chi connectivity index (χ3v) is 11.1. The number of nitrogens with one attached hydrogen (secondary N) is 1. The molecule has 10 atom stereocenters. The van der Waals surface area contributed by atoms with Gasteiger partial charge in [0.1, 0.15) is 0 Å². The monoisotopic (exact) mass is 399 g/mol. The van der Waals surface area contributed by atoms with Gasteiger partial charge in [0.15, 0.2) is 0 Å². The van der Waals surface area contributed by atoms with Gasteiger partial charge < -0.3 is 10.4 Å². The Hall–Kier alpha value is -0.340. The van der Waals surface area contributed by atoms with Gasteiger partial charge in [-0.3, -0.25) is 0 Å². The molecule has 3 saturated carbocycles. The zero-order valence-electron chi connectivity index (χ0n) is 19.4. The molecule has 0 radical (unpaired) electrons. The van der Waals surface area contributed by atoms with E-state index in [-0.39, 0.29) is 6.10 Å². The highest BCUT2D eigenvalue weighted by Gasteiger charge is 2.59. The first kappa shape index (κ1) is 20.6. The van der Waals surface area contributed by atoms with Gasteiger partial charge in [0.05, 0.1) is 6.10 Å². The van der Waals surface area contributed by atoms with Crippen molar-refractivity contribution in [1.82, 2.24) is 5.32 Å². The van der Waals surface area contributed by atoms with Crippen LogP contribution in [0.1, 0.15) is 91.9 Å². The first-order valence-corrected chi connectivity index (χ1v) is 12.9. The van der Waals surface area contributed by atoms with E-state index >= 15 is 0 Å². The largest absolute Gasteiger partial charge is 0.393 e. The number of aliphatic hydroxyl groups is 1. The lowest BCUT2D eigenvalue weighted by Crippen LogP contribution is -2.52. The normalized spacial score (nSPS) is 53.4. The Morgan fingerprint density at radius 3 is 2.62 bits per heavy atom. The van der Waals surface area contributed by atoms with Crippen molar-refractivity contribution >= 4 is 0 Å².